The summed E-state index contributed by atoms with van der Waals surface area (Å²) in [7, 11) is -0.513. The minimum Gasteiger partial charge on any atom is -0.0622 e. The largest absolute Gasteiger partial charge is 0.0622 e. The maximum atomic E-state index is 2.55. The summed E-state index contributed by atoms with van der Waals surface area (Å²) in [6, 6.07) is 47.3. The van der Waals surface area contributed by atoms with E-state index in [0.29, 0.717) is 11.8 Å². The van der Waals surface area contributed by atoms with Crippen LogP contribution in [0.4, 0.5) is 0 Å². The second-order valence-corrected chi connectivity index (χ2v) is 13.4. The monoisotopic (exact) mass is 540 g/mol. The maximum absolute atomic E-state index is 2.55. The van der Waals surface area contributed by atoms with Gasteiger partial charge >= 0.3 is 0 Å². The molecule has 0 nitrogen and oxygen atoms in total. The van der Waals surface area contributed by atoms with Gasteiger partial charge in [-0.2, -0.15) is 0 Å². The first kappa shape index (κ1) is 28.1. The molecule has 5 aromatic rings. The van der Waals surface area contributed by atoms with Gasteiger partial charge in [0, 0.05) is 6.16 Å². The lowest BCUT2D eigenvalue weighted by Crippen LogP contribution is -2.18. The summed E-state index contributed by atoms with van der Waals surface area (Å²) < 4.78 is 0. The summed E-state index contributed by atoms with van der Waals surface area (Å²) in [5.41, 5.74) is 10.0. The first-order chi connectivity index (χ1) is 19.5. The Morgan fingerprint density at radius 3 is 1.43 bits per heavy atom. The zero-order valence-electron chi connectivity index (χ0n) is 24.3. The minimum atomic E-state index is -0.513. The van der Waals surface area contributed by atoms with Crippen molar-refractivity contribution in [2.24, 2.45) is 0 Å². The molecule has 0 aliphatic carbocycles. The number of rotatable bonds is 10. The SMILES string of the molecule is Cc1ccccc1P(Cc1ccc(C(C)Cc2ccccc2)c(C(C)Cc2ccccc2)c1)c1ccccc1C. The van der Waals surface area contributed by atoms with Crippen LogP contribution in [0.3, 0.4) is 0 Å². The zero-order chi connectivity index (χ0) is 27.9. The maximum Gasteiger partial charge on any atom is 0.000773 e. The van der Waals surface area contributed by atoms with Crippen LogP contribution in [0.2, 0.25) is 0 Å². The molecule has 5 rings (SSSR count). The molecule has 0 aromatic heterocycles. The van der Waals surface area contributed by atoms with Crippen molar-refractivity contribution in [3.05, 3.63) is 166 Å². The number of benzene rings is 5. The van der Waals surface area contributed by atoms with Gasteiger partial charge in [0.1, 0.15) is 0 Å². The quantitative estimate of drug-likeness (QED) is 0.155. The van der Waals surface area contributed by atoms with E-state index in [1.54, 1.807) is 0 Å². The Morgan fingerprint density at radius 2 is 0.925 bits per heavy atom. The molecule has 0 saturated heterocycles. The molecule has 0 aliphatic rings. The van der Waals surface area contributed by atoms with Crippen molar-refractivity contribution < 1.29 is 0 Å². The minimum absolute atomic E-state index is 0.443. The predicted octanol–water partition coefficient (Wildman–Crippen LogP) is 9.63. The van der Waals surface area contributed by atoms with Crippen LogP contribution in [-0.4, -0.2) is 0 Å². The average Bonchev–Trinajstić information content (AvgIpc) is 2.98. The highest BCUT2D eigenvalue weighted by Crippen LogP contribution is 2.41. The normalized spacial score (nSPS) is 12.8. The highest BCUT2D eigenvalue weighted by atomic mass is 31.1. The van der Waals surface area contributed by atoms with E-state index in [9.17, 15) is 0 Å². The van der Waals surface area contributed by atoms with E-state index < -0.39 is 7.92 Å². The third-order valence-corrected chi connectivity index (χ3v) is 11.0. The van der Waals surface area contributed by atoms with Crippen LogP contribution in [-0.2, 0) is 19.0 Å². The lowest BCUT2D eigenvalue weighted by molar-refractivity contribution is 0.698. The molecule has 0 bridgehead atoms. The van der Waals surface area contributed by atoms with Gasteiger partial charge in [-0.05, 0) is 96.0 Å². The second-order valence-electron chi connectivity index (χ2n) is 11.3. The lowest BCUT2D eigenvalue weighted by atomic mass is 9.83. The van der Waals surface area contributed by atoms with Crippen LogP contribution in [0.25, 0.3) is 0 Å². The molecule has 5 aromatic carbocycles. The smallest absolute Gasteiger partial charge is 0.000773 e. The van der Waals surface area contributed by atoms with E-state index in [4.69, 9.17) is 0 Å². The topological polar surface area (TPSA) is 0 Å². The van der Waals surface area contributed by atoms with Gasteiger partial charge in [0.05, 0.1) is 0 Å². The van der Waals surface area contributed by atoms with Crippen LogP contribution in [0, 0.1) is 13.8 Å². The summed E-state index contributed by atoms with van der Waals surface area (Å²) in [4.78, 5) is 0. The molecular formula is C39H41P. The van der Waals surface area contributed by atoms with Crippen molar-refractivity contribution in [2.75, 3.05) is 0 Å². The molecule has 1 heteroatoms. The van der Waals surface area contributed by atoms with Gasteiger partial charge < -0.3 is 0 Å². The molecule has 0 radical (unpaired) electrons. The van der Waals surface area contributed by atoms with Crippen molar-refractivity contribution in [3.8, 4) is 0 Å². The van der Waals surface area contributed by atoms with E-state index in [-0.39, 0.29) is 0 Å². The fourth-order valence-corrected chi connectivity index (χ4v) is 8.66. The van der Waals surface area contributed by atoms with Crippen molar-refractivity contribution in [3.63, 3.8) is 0 Å². The summed E-state index contributed by atoms with van der Waals surface area (Å²) in [5, 5.41) is 2.99. The Morgan fingerprint density at radius 1 is 0.475 bits per heavy atom. The van der Waals surface area contributed by atoms with Crippen LogP contribution < -0.4 is 10.6 Å². The van der Waals surface area contributed by atoms with Gasteiger partial charge in [-0.15, -0.1) is 0 Å². The van der Waals surface area contributed by atoms with Crippen molar-refractivity contribution >= 4 is 18.5 Å². The van der Waals surface area contributed by atoms with Crippen LogP contribution >= 0.6 is 7.92 Å². The molecule has 202 valence electrons. The summed E-state index contributed by atoms with van der Waals surface area (Å²) in [6.45, 7) is 9.35. The van der Waals surface area contributed by atoms with Gasteiger partial charge in [-0.25, -0.2) is 0 Å². The third kappa shape index (κ3) is 6.80. The average molecular weight is 541 g/mol. The molecule has 0 fully saturated rings. The predicted molar refractivity (Wildman–Crippen MR) is 176 cm³/mol. The Bertz CT molecular complexity index is 1470. The molecule has 0 saturated carbocycles. The number of hydrogen-bond donors (Lipinski definition) is 0. The molecule has 2 unspecified atom stereocenters. The van der Waals surface area contributed by atoms with Crippen LogP contribution in [0.5, 0.6) is 0 Å². The van der Waals surface area contributed by atoms with Gasteiger partial charge in [0.15, 0.2) is 0 Å². The first-order valence-corrected chi connectivity index (χ1v) is 16.1. The Labute approximate surface area is 242 Å². The number of aryl methyl sites for hydroxylation is 2. The summed E-state index contributed by atoms with van der Waals surface area (Å²) >= 11 is 0. The third-order valence-electron chi connectivity index (χ3n) is 8.14. The molecule has 40 heavy (non-hydrogen) atoms. The summed E-state index contributed by atoms with van der Waals surface area (Å²) in [6.07, 6.45) is 3.17. The highest BCUT2D eigenvalue weighted by molar-refractivity contribution is 7.72. The van der Waals surface area contributed by atoms with Gasteiger partial charge in [0.25, 0.3) is 0 Å². The van der Waals surface area contributed by atoms with E-state index in [1.165, 1.54) is 49.6 Å². The van der Waals surface area contributed by atoms with Gasteiger partial charge in [-0.1, -0.05) is 141 Å². The van der Waals surface area contributed by atoms with Crippen molar-refractivity contribution in [1.29, 1.82) is 0 Å². The van der Waals surface area contributed by atoms with E-state index in [2.05, 4.69) is 155 Å². The van der Waals surface area contributed by atoms with Crippen molar-refractivity contribution in [1.82, 2.24) is 0 Å². The summed E-state index contributed by atoms with van der Waals surface area (Å²) in [5.74, 6) is 0.901. The van der Waals surface area contributed by atoms with E-state index >= 15 is 0 Å². The fourth-order valence-electron chi connectivity index (χ4n) is 5.97. The fraction of sp³-hybridized carbons (Fsp3) is 0.231. The van der Waals surface area contributed by atoms with Crippen molar-refractivity contribution in [2.45, 2.75) is 58.5 Å². The first-order valence-electron chi connectivity index (χ1n) is 14.6. The standard InChI is InChI=1S/C39H41P/c1-29-15-11-13-21-38(29)40(39-22-14-12-16-30(39)2)28-35-23-24-36(31(3)25-33-17-7-5-8-18-33)37(27-35)32(4)26-34-19-9-6-10-20-34/h5-24,27,31-32H,25-26,28H2,1-4H3. The van der Waals surface area contributed by atoms with Crippen LogP contribution in [0.1, 0.15) is 64.6 Å². The van der Waals surface area contributed by atoms with Gasteiger partial charge in [0.2, 0.25) is 0 Å². The molecular weight excluding hydrogens is 499 g/mol. The van der Waals surface area contributed by atoms with Gasteiger partial charge in [-0.3, -0.25) is 0 Å². The molecule has 0 N–H and O–H groups in total. The van der Waals surface area contributed by atoms with E-state index in [0.717, 1.165) is 19.0 Å². The Balaban J connectivity index is 1.53. The van der Waals surface area contributed by atoms with E-state index in [1.807, 2.05) is 0 Å². The second kappa shape index (κ2) is 13.3. The molecule has 0 heterocycles. The number of hydrogen-bond acceptors (Lipinski definition) is 0. The molecule has 0 spiro atoms. The zero-order valence-corrected chi connectivity index (χ0v) is 25.2. The molecule has 2 atom stereocenters. The Kier molecular flexibility index (Phi) is 9.30. The molecule has 0 aliphatic heterocycles. The molecule has 0 amide bonds. The lowest BCUT2D eigenvalue weighted by Gasteiger charge is -2.25. The Hall–Kier alpha value is -3.47. The highest BCUT2D eigenvalue weighted by Gasteiger charge is 2.21. The van der Waals surface area contributed by atoms with Crippen LogP contribution in [0.15, 0.2) is 127 Å².